The fraction of sp³-hybridized carbons (Fsp3) is 0.500. The number of aryl methyl sites for hydroxylation is 1. The lowest BCUT2D eigenvalue weighted by molar-refractivity contribution is 0.0778. The number of hydrogen-bond acceptors (Lipinski definition) is 3. The molecule has 78 valence electrons. The molecule has 0 aliphatic carbocycles. The van der Waals surface area contributed by atoms with Crippen LogP contribution in [-0.2, 0) is 0 Å². The van der Waals surface area contributed by atoms with Crippen molar-refractivity contribution in [2.75, 3.05) is 18.8 Å². The summed E-state index contributed by atoms with van der Waals surface area (Å²) in [6.45, 7) is 7.37. The Balaban J connectivity index is 2.88. The Hall–Kier alpha value is -1.03. The van der Waals surface area contributed by atoms with Gasteiger partial charge in [0, 0.05) is 23.7 Å². The van der Waals surface area contributed by atoms with E-state index in [1.807, 2.05) is 20.8 Å². The molecule has 0 aromatic carbocycles. The second-order valence-electron chi connectivity index (χ2n) is 3.10. The maximum atomic E-state index is 11.9. The van der Waals surface area contributed by atoms with E-state index in [4.69, 9.17) is 5.73 Å². The number of nitrogens with two attached hydrogens (primary N) is 1. The molecule has 4 heteroatoms. The number of carbonyl (C=O) groups is 1. The van der Waals surface area contributed by atoms with E-state index in [-0.39, 0.29) is 5.91 Å². The van der Waals surface area contributed by atoms with Gasteiger partial charge in [0.2, 0.25) is 0 Å². The lowest BCUT2D eigenvalue weighted by atomic mass is 10.3. The van der Waals surface area contributed by atoms with Crippen molar-refractivity contribution in [1.82, 2.24) is 4.90 Å². The minimum atomic E-state index is 0.0831. The van der Waals surface area contributed by atoms with E-state index in [0.717, 1.165) is 22.8 Å². The third-order valence-corrected chi connectivity index (χ3v) is 3.27. The summed E-state index contributed by atoms with van der Waals surface area (Å²) >= 11 is 1.47. The van der Waals surface area contributed by atoms with Crippen LogP contribution in [0.1, 0.15) is 28.4 Å². The molecule has 0 saturated heterocycles. The third-order valence-electron chi connectivity index (χ3n) is 2.22. The van der Waals surface area contributed by atoms with Crippen LogP contribution < -0.4 is 5.73 Å². The largest absolute Gasteiger partial charge is 0.398 e. The summed E-state index contributed by atoms with van der Waals surface area (Å²) in [6.07, 6.45) is 0. The number of carbonyl (C=O) groups excluding carboxylic acids is 1. The smallest absolute Gasteiger partial charge is 0.263 e. The van der Waals surface area contributed by atoms with Gasteiger partial charge in [-0.3, -0.25) is 4.79 Å². The van der Waals surface area contributed by atoms with Crippen LogP contribution in [0.5, 0.6) is 0 Å². The molecule has 14 heavy (non-hydrogen) atoms. The van der Waals surface area contributed by atoms with E-state index in [1.54, 1.807) is 11.0 Å². The van der Waals surface area contributed by atoms with Crippen LogP contribution in [0.2, 0.25) is 0 Å². The Labute approximate surface area is 88.5 Å². The molecule has 1 amide bonds. The highest BCUT2D eigenvalue weighted by atomic mass is 32.1. The van der Waals surface area contributed by atoms with Gasteiger partial charge in [-0.15, -0.1) is 11.3 Å². The van der Waals surface area contributed by atoms with E-state index in [2.05, 4.69) is 0 Å². The fourth-order valence-corrected chi connectivity index (χ4v) is 2.18. The van der Waals surface area contributed by atoms with Crippen LogP contribution in [-0.4, -0.2) is 23.9 Å². The summed E-state index contributed by atoms with van der Waals surface area (Å²) < 4.78 is 0. The average Bonchev–Trinajstić information content (AvgIpc) is 2.49. The van der Waals surface area contributed by atoms with Gasteiger partial charge in [-0.05, 0) is 26.8 Å². The first kappa shape index (κ1) is 11.0. The van der Waals surface area contributed by atoms with Gasteiger partial charge in [-0.2, -0.15) is 0 Å². The maximum absolute atomic E-state index is 11.9. The quantitative estimate of drug-likeness (QED) is 0.834. The van der Waals surface area contributed by atoms with Crippen LogP contribution in [0.3, 0.4) is 0 Å². The first-order valence-electron chi connectivity index (χ1n) is 4.75. The molecule has 0 atom stereocenters. The number of amides is 1. The molecule has 1 rings (SSSR count). The number of nitrogen functional groups attached to an aromatic ring is 1. The van der Waals surface area contributed by atoms with E-state index < -0.39 is 0 Å². The predicted molar refractivity (Wildman–Crippen MR) is 60.7 cm³/mol. The summed E-state index contributed by atoms with van der Waals surface area (Å²) in [5.41, 5.74) is 6.41. The van der Waals surface area contributed by atoms with Crippen molar-refractivity contribution in [2.45, 2.75) is 20.8 Å². The Kier molecular flexibility index (Phi) is 3.52. The number of anilines is 1. The third kappa shape index (κ3) is 2.07. The van der Waals surface area contributed by atoms with E-state index in [1.165, 1.54) is 11.3 Å². The van der Waals surface area contributed by atoms with Crippen LogP contribution in [0, 0.1) is 6.92 Å². The Morgan fingerprint density at radius 3 is 2.43 bits per heavy atom. The molecule has 0 radical (unpaired) electrons. The lowest BCUT2D eigenvalue weighted by Gasteiger charge is -2.17. The van der Waals surface area contributed by atoms with Crippen LogP contribution in [0.4, 0.5) is 5.69 Å². The van der Waals surface area contributed by atoms with E-state index >= 15 is 0 Å². The first-order valence-corrected chi connectivity index (χ1v) is 5.57. The zero-order chi connectivity index (χ0) is 10.7. The number of rotatable bonds is 3. The Bertz CT molecular complexity index is 309. The SMILES string of the molecule is CCN(CC)C(=O)c1cc(N)c(C)s1. The second-order valence-corrected chi connectivity index (χ2v) is 4.36. The average molecular weight is 212 g/mol. The van der Waals surface area contributed by atoms with Gasteiger partial charge < -0.3 is 10.6 Å². The molecule has 1 aromatic rings. The standard InChI is InChI=1S/C10H16N2OS/c1-4-12(5-2)10(13)9-6-8(11)7(3)14-9/h6H,4-5,11H2,1-3H3. The van der Waals surface area contributed by atoms with Crippen molar-refractivity contribution >= 4 is 22.9 Å². The number of nitrogens with zero attached hydrogens (tertiary/aromatic N) is 1. The Morgan fingerprint density at radius 2 is 2.07 bits per heavy atom. The minimum Gasteiger partial charge on any atom is -0.398 e. The van der Waals surface area contributed by atoms with Crippen molar-refractivity contribution in [3.05, 3.63) is 15.8 Å². The van der Waals surface area contributed by atoms with Crippen molar-refractivity contribution < 1.29 is 4.79 Å². The number of thiophene rings is 1. The van der Waals surface area contributed by atoms with Gasteiger partial charge in [0.25, 0.3) is 5.91 Å². The summed E-state index contributed by atoms with van der Waals surface area (Å²) in [6, 6.07) is 1.76. The van der Waals surface area contributed by atoms with Crippen LogP contribution >= 0.6 is 11.3 Å². The summed E-state index contributed by atoms with van der Waals surface area (Å²) in [7, 11) is 0. The van der Waals surface area contributed by atoms with Gasteiger partial charge in [0.15, 0.2) is 0 Å². The number of hydrogen-bond donors (Lipinski definition) is 1. The molecule has 1 aromatic heterocycles. The van der Waals surface area contributed by atoms with Crippen molar-refractivity contribution in [2.24, 2.45) is 0 Å². The van der Waals surface area contributed by atoms with Gasteiger partial charge in [0.05, 0.1) is 4.88 Å². The molecule has 3 nitrogen and oxygen atoms in total. The lowest BCUT2D eigenvalue weighted by Crippen LogP contribution is -2.29. The minimum absolute atomic E-state index is 0.0831. The summed E-state index contributed by atoms with van der Waals surface area (Å²) in [5, 5.41) is 0. The normalized spacial score (nSPS) is 10.2. The van der Waals surface area contributed by atoms with Gasteiger partial charge in [0.1, 0.15) is 0 Å². The highest BCUT2D eigenvalue weighted by Crippen LogP contribution is 2.24. The molecular weight excluding hydrogens is 196 g/mol. The zero-order valence-electron chi connectivity index (χ0n) is 8.83. The highest BCUT2D eigenvalue weighted by molar-refractivity contribution is 7.14. The van der Waals surface area contributed by atoms with Crippen LogP contribution in [0.15, 0.2) is 6.07 Å². The summed E-state index contributed by atoms with van der Waals surface area (Å²) in [5.74, 6) is 0.0831. The molecule has 0 aliphatic rings. The van der Waals surface area contributed by atoms with Crippen molar-refractivity contribution in [3.63, 3.8) is 0 Å². The molecular formula is C10H16N2OS. The highest BCUT2D eigenvalue weighted by Gasteiger charge is 2.15. The monoisotopic (exact) mass is 212 g/mol. The molecule has 0 aliphatic heterocycles. The van der Waals surface area contributed by atoms with Crippen molar-refractivity contribution in [3.8, 4) is 0 Å². The Morgan fingerprint density at radius 1 is 1.50 bits per heavy atom. The fourth-order valence-electron chi connectivity index (χ4n) is 1.27. The molecule has 1 heterocycles. The zero-order valence-corrected chi connectivity index (χ0v) is 9.65. The van der Waals surface area contributed by atoms with Gasteiger partial charge in [-0.25, -0.2) is 0 Å². The molecule has 2 N–H and O–H groups in total. The first-order chi connectivity index (χ1) is 6.60. The summed E-state index contributed by atoms with van der Waals surface area (Å²) in [4.78, 5) is 15.4. The second kappa shape index (κ2) is 4.46. The predicted octanol–water partition coefficient (Wildman–Crippen LogP) is 2.12. The molecule has 0 fully saturated rings. The van der Waals surface area contributed by atoms with E-state index in [9.17, 15) is 4.79 Å². The van der Waals surface area contributed by atoms with Gasteiger partial charge in [-0.1, -0.05) is 0 Å². The molecule has 0 unspecified atom stereocenters. The van der Waals surface area contributed by atoms with Crippen LogP contribution in [0.25, 0.3) is 0 Å². The molecule has 0 saturated carbocycles. The van der Waals surface area contributed by atoms with Crippen molar-refractivity contribution in [1.29, 1.82) is 0 Å². The van der Waals surface area contributed by atoms with Gasteiger partial charge >= 0.3 is 0 Å². The molecule has 0 spiro atoms. The topological polar surface area (TPSA) is 46.3 Å². The molecule has 0 bridgehead atoms. The maximum Gasteiger partial charge on any atom is 0.263 e. The van der Waals surface area contributed by atoms with E-state index in [0.29, 0.717) is 5.69 Å².